The van der Waals surface area contributed by atoms with Crippen molar-refractivity contribution in [3.8, 4) is 11.5 Å². The van der Waals surface area contributed by atoms with E-state index in [-0.39, 0.29) is 17.3 Å². The summed E-state index contributed by atoms with van der Waals surface area (Å²) in [7, 11) is 1.53. The first-order valence-corrected chi connectivity index (χ1v) is 10.4. The number of rotatable bonds is 7. The van der Waals surface area contributed by atoms with Crippen molar-refractivity contribution in [3.63, 3.8) is 0 Å². The maximum Gasteiger partial charge on any atom is 0.343 e. The van der Waals surface area contributed by atoms with Crippen LogP contribution in [0.25, 0.3) is 0 Å². The predicted octanol–water partition coefficient (Wildman–Crippen LogP) is 4.35. The van der Waals surface area contributed by atoms with Gasteiger partial charge in [0.25, 0.3) is 11.8 Å². The van der Waals surface area contributed by atoms with E-state index in [2.05, 4.69) is 5.32 Å². The standard InChI is InChI=1S/C25H19ClN2O5/c1-32-19-8-5-9-20(14-19)33-25(31)17-10-12-18(13-11-17)27-22-21(26)23(29)28(24(22)30)15-16-6-3-2-4-7-16/h2-14,27H,15H2,1H3. The van der Waals surface area contributed by atoms with Crippen molar-refractivity contribution in [1.29, 1.82) is 0 Å². The number of amides is 2. The zero-order valence-corrected chi connectivity index (χ0v) is 18.3. The Morgan fingerprint density at radius 1 is 0.909 bits per heavy atom. The summed E-state index contributed by atoms with van der Waals surface area (Å²) >= 11 is 6.15. The molecule has 0 saturated heterocycles. The Balaban J connectivity index is 1.43. The Morgan fingerprint density at radius 3 is 2.30 bits per heavy atom. The Morgan fingerprint density at radius 2 is 1.61 bits per heavy atom. The summed E-state index contributed by atoms with van der Waals surface area (Å²) in [5.74, 6) is -0.704. The minimum Gasteiger partial charge on any atom is -0.497 e. The van der Waals surface area contributed by atoms with Gasteiger partial charge in [-0.25, -0.2) is 4.79 Å². The maximum atomic E-state index is 12.8. The highest BCUT2D eigenvalue weighted by atomic mass is 35.5. The minimum absolute atomic E-state index is 0.00990. The molecule has 0 bridgehead atoms. The van der Waals surface area contributed by atoms with Gasteiger partial charge in [-0.05, 0) is 42.0 Å². The molecule has 4 rings (SSSR count). The van der Waals surface area contributed by atoms with Crippen LogP contribution in [0.1, 0.15) is 15.9 Å². The Bertz CT molecular complexity index is 1240. The zero-order chi connectivity index (χ0) is 23.4. The summed E-state index contributed by atoms with van der Waals surface area (Å²) in [5, 5.41) is 2.70. The normalized spacial score (nSPS) is 13.3. The van der Waals surface area contributed by atoms with Crippen molar-refractivity contribution in [2.45, 2.75) is 6.54 Å². The molecule has 0 spiro atoms. The summed E-state index contributed by atoms with van der Waals surface area (Å²) < 4.78 is 10.5. The van der Waals surface area contributed by atoms with Gasteiger partial charge in [-0.2, -0.15) is 0 Å². The number of nitrogens with zero attached hydrogens (tertiary/aromatic N) is 1. The van der Waals surface area contributed by atoms with Gasteiger partial charge in [-0.3, -0.25) is 14.5 Å². The summed E-state index contributed by atoms with van der Waals surface area (Å²) in [4.78, 5) is 38.8. The topological polar surface area (TPSA) is 84.9 Å². The third kappa shape index (κ3) is 4.88. The molecule has 3 aromatic carbocycles. The van der Waals surface area contributed by atoms with Gasteiger partial charge in [0.15, 0.2) is 0 Å². The summed E-state index contributed by atoms with van der Waals surface area (Å²) in [6.07, 6.45) is 0. The van der Waals surface area contributed by atoms with Gasteiger partial charge in [-0.1, -0.05) is 48.0 Å². The molecule has 8 heteroatoms. The molecular weight excluding hydrogens is 444 g/mol. The number of hydrogen-bond donors (Lipinski definition) is 1. The molecule has 0 fully saturated rings. The fourth-order valence-corrected chi connectivity index (χ4v) is 3.46. The van der Waals surface area contributed by atoms with E-state index in [0.29, 0.717) is 22.7 Å². The average molecular weight is 463 g/mol. The molecule has 166 valence electrons. The minimum atomic E-state index is -0.563. The maximum absolute atomic E-state index is 12.8. The van der Waals surface area contributed by atoms with Crippen LogP contribution < -0.4 is 14.8 Å². The van der Waals surface area contributed by atoms with Crippen molar-refractivity contribution < 1.29 is 23.9 Å². The predicted molar refractivity (Wildman–Crippen MR) is 123 cm³/mol. The third-order valence-corrected chi connectivity index (χ3v) is 5.29. The quantitative estimate of drug-likeness (QED) is 0.319. The molecule has 1 aliphatic rings. The molecule has 1 N–H and O–H groups in total. The van der Waals surface area contributed by atoms with Gasteiger partial charge in [0.1, 0.15) is 22.2 Å². The van der Waals surface area contributed by atoms with E-state index >= 15 is 0 Å². The molecule has 0 unspecified atom stereocenters. The summed E-state index contributed by atoms with van der Waals surface area (Å²) in [6.45, 7) is 0.120. The number of imide groups is 1. The largest absolute Gasteiger partial charge is 0.497 e. The van der Waals surface area contributed by atoms with Crippen molar-refractivity contribution in [2.24, 2.45) is 0 Å². The molecular formula is C25H19ClN2O5. The second-order valence-electron chi connectivity index (χ2n) is 7.14. The van der Waals surface area contributed by atoms with Crippen LogP contribution in [0.3, 0.4) is 0 Å². The molecule has 3 aromatic rings. The number of esters is 1. The van der Waals surface area contributed by atoms with E-state index in [1.807, 2.05) is 30.3 Å². The van der Waals surface area contributed by atoms with Crippen LogP contribution in [-0.4, -0.2) is 29.8 Å². The lowest BCUT2D eigenvalue weighted by Gasteiger charge is -2.15. The third-order valence-electron chi connectivity index (χ3n) is 4.94. The fourth-order valence-electron chi connectivity index (χ4n) is 3.23. The summed E-state index contributed by atoms with van der Waals surface area (Å²) in [6, 6.07) is 22.1. The number of carbonyl (C=O) groups is 3. The molecule has 0 aromatic heterocycles. The van der Waals surface area contributed by atoms with Crippen molar-refractivity contribution in [1.82, 2.24) is 4.90 Å². The molecule has 7 nitrogen and oxygen atoms in total. The summed E-state index contributed by atoms with van der Waals surface area (Å²) in [5.41, 5.74) is 1.60. The van der Waals surface area contributed by atoms with Crippen molar-refractivity contribution in [3.05, 3.63) is 101 Å². The van der Waals surface area contributed by atoms with Crippen LogP contribution in [0.4, 0.5) is 5.69 Å². The molecule has 0 radical (unpaired) electrons. The number of nitrogens with one attached hydrogen (secondary N) is 1. The highest BCUT2D eigenvalue weighted by molar-refractivity contribution is 6.48. The molecule has 0 aliphatic carbocycles. The fraction of sp³-hybridized carbons (Fsp3) is 0.0800. The lowest BCUT2D eigenvalue weighted by Crippen LogP contribution is -2.31. The SMILES string of the molecule is COc1cccc(OC(=O)c2ccc(NC3=C(Cl)C(=O)N(Cc4ccccc4)C3=O)cc2)c1. The monoisotopic (exact) mass is 462 g/mol. The van der Waals surface area contributed by atoms with Crippen molar-refractivity contribution >= 4 is 35.1 Å². The second kappa shape index (κ2) is 9.58. The van der Waals surface area contributed by atoms with E-state index in [0.717, 1.165) is 10.5 Å². The smallest absolute Gasteiger partial charge is 0.343 e. The van der Waals surface area contributed by atoms with Crippen LogP contribution in [-0.2, 0) is 16.1 Å². The van der Waals surface area contributed by atoms with Gasteiger partial charge >= 0.3 is 5.97 Å². The highest BCUT2D eigenvalue weighted by Gasteiger charge is 2.37. The van der Waals surface area contributed by atoms with E-state index in [1.165, 1.54) is 7.11 Å². The average Bonchev–Trinajstić information content (AvgIpc) is 3.03. The lowest BCUT2D eigenvalue weighted by atomic mass is 10.2. The van der Waals surface area contributed by atoms with Gasteiger partial charge < -0.3 is 14.8 Å². The molecule has 2 amide bonds. The van der Waals surface area contributed by atoms with E-state index in [4.69, 9.17) is 21.1 Å². The Hall–Kier alpha value is -4.10. The van der Waals surface area contributed by atoms with Crippen LogP contribution in [0.15, 0.2) is 89.6 Å². The molecule has 0 saturated carbocycles. The van der Waals surface area contributed by atoms with Gasteiger partial charge in [0.05, 0.1) is 19.2 Å². The highest BCUT2D eigenvalue weighted by Crippen LogP contribution is 2.27. The van der Waals surface area contributed by atoms with E-state index in [9.17, 15) is 14.4 Å². The van der Waals surface area contributed by atoms with Crippen LogP contribution >= 0.6 is 11.6 Å². The number of carbonyl (C=O) groups excluding carboxylic acids is 3. The Kier molecular flexibility index (Phi) is 6.42. The Labute approximate surface area is 195 Å². The molecule has 0 atom stereocenters. The number of halogens is 1. The first-order valence-electron chi connectivity index (χ1n) is 9.99. The second-order valence-corrected chi connectivity index (χ2v) is 7.52. The number of methoxy groups -OCH3 is 1. The number of hydrogen-bond acceptors (Lipinski definition) is 6. The first kappa shape index (κ1) is 22.1. The number of benzene rings is 3. The van der Waals surface area contributed by atoms with Gasteiger partial charge in [0.2, 0.25) is 0 Å². The lowest BCUT2D eigenvalue weighted by molar-refractivity contribution is -0.138. The van der Waals surface area contributed by atoms with Crippen LogP contribution in [0, 0.1) is 0 Å². The van der Waals surface area contributed by atoms with E-state index in [1.54, 1.807) is 48.5 Å². The zero-order valence-electron chi connectivity index (χ0n) is 17.6. The number of ether oxygens (including phenoxy) is 2. The van der Waals surface area contributed by atoms with Gasteiger partial charge in [-0.15, -0.1) is 0 Å². The van der Waals surface area contributed by atoms with Gasteiger partial charge in [0, 0.05) is 11.8 Å². The number of anilines is 1. The van der Waals surface area contributed by atoms with Crippen LogP contribution in [0.2, 0.25) is 0 Å². The molecule has 33 heavy (non-hydrogen) atoms. The van der Waals surface area contributed by atoms with Crippen LogP contribution in [0.5, 0.6) is 11.5 Å². The molecule has 1 heterocycles. The first-order chi connectivity index (χ1) is 16.0. The van der Waals surface area contributed by atoms with E-state index < -0.39 is 17.8 Å². The molecule has 1 aliphatic heterocycles. The van der Waals surface area contributed by atoms with Crippen molar-refractivity contribution in [2.75, 3.05) is 12.4 Å².